The lowest BCUT2D eigenvalue weighted by Gasteiger charge is -2.41. The van der Waals surface area contributed by atoms with Gasteiger partial charge in [0.1, 0.15) is 12.2 Å². The fourth-order valence-electron chi connectivity index (χ4n) is 5.37. The molecule has 0 aromatic carbocycles. The molecule has 9 nitrogen and oxygen atoms in total. The third kappa shape index (κ3) is 4.24. The van der Waals surface area contributed by atoms with Crippen molar-refractivity contribution in [3.05, 3.63) is 59.9 Å². The Bertz CT molecular complexity index is 1360. The number of aryl methyl sites for hydroxylation is 1. The molecule has 1 saturated carbocycles. The van der Waals surface area contributed by atoms with Gasteiger partial charge in [-0.05, 0) is 64.2 Å². The van der Waals surface area contributed by atoms with Crippen molar-refractivity contribution in [2.24, 2.45) is 5.73 Å². The monoisotopic (exact) mass is 476 g/mol. The van der Waals surface area contributed by atoms with Crippen molar-refractivity contribution >= 4 is 17.1 Å². The fraction of sp³-hybridized carbons (Fsp3) is 0.400. The second-order valence-corrected chi connectivity index (χ2v) is 9.53. The minimum atomic E-state index is -0.517. The van der Waals surface area contributed by atoms with E-state index >= 15 is 0 Å². The lowest BCUT2D eigenvalue weighted by molar-refractivity contribution is 0.1000. The summed E-state index contributed by atoms with van der Waals surface area (Å²) in [5.74, 6) is 0.253. The van der Waals surface area contributed by atoms with Crippen LogP contribution in [0.3, 0.4) is 0 Å². The molecule has 3 N–H and O–H groups in total. The average molecular weight is 477 g/mol. The van der Waals surface area contributed by atoms with Crippen LogP contribution in [0.5, 0.6) is 0 Å². The molecule has 4 heterocycles. The molecule has 0 bridgehead atoms. The summed E-state index contributed by atoms with van der Waals surface area (Å²) in [6, 6.07) is 3.74. The molecule has 35 heavy (non-hydrogen) atoms. The number of nitrogens with two attached hydrogens (primary N) is 1. The quantitative estimate of drug-likeness (QED) is 0.406. The number of carbonyl (C=O) groups is 1. The Morgan fingerprint density at radius 3 is 2.60 bits per heavy atom. The van der Waals surface area contributed by atoms with Crippen LogP contribution >= 0.6 is 0 Å². The van der Waals surface area contributed by atoms with E-state index < -0.39 is 11.9 Å². The zero-order valence-electron chi connectivity index (χ0n) is 20.1. The van der Waals surface area contributed by atoms with Gasteiger partial charge in [-0.1, -0.05) is 0 Å². The van der Waals surface area contributed by atoms with Crippen LogP contribution in [0, 0.1) is 12.9 Å². The molecule has 0 atom stereocenters. The fourth-order valence-corrected chi connectivity index (χ4v) is 5.37. The molecule has 5 rings (SSSR count). The molecule has 1 amide bonds. The van der Waals surface area contributed by atoms with Gasteiger partial charge in [-0.2, -0.15) is 14.6 Å². The van der Waals surface area contributed by atoms with E-state index in [1.807, 2.05) is 19.2 Å². The highest BCUT2D eigenvalue weighted by Gasteiger charge is 2.32. The minimum absolute atomic E-state index is 0.124. The Hall–Kier alpha value is -3.82. The van der Waals surface area contributed by atoms with Crippen LogP contribution in [-0.4, -0.2) is 47.8 Å². The van der Waals surface area contributed by atoms with Crippen LogP contribution in [-0.2, 0) is 0 Å². The number of aromatic nitrogens is 6. The summed E-state index contributed by atoms with van der Waals surface area (Å²) in [5, 5.41) is 11.5. The zero-order chi connectivity index (χ0) is 24.7. The molecule has 1 aliphatic rings. The number of carbonyl (C=O) groups excluding carboxylic acids is 1. The van der Waals surface area contributed by atoms with Gasteiger partial charge in [-0.15, -0.1) is 0 Å². The molecular formula is C25H29FN8O. The summed E-state index contributed by atoms with van der Waals surface area (Å²) in [5.41, 5.74) is 10.2. The average Bonchev–Trinajstić information content (AvgIpc) is 3.50. The second kappa shape index (κ2) is 9.09. The summed E-state index contributed by atoms with van der Waals surface area (Å²) >= 11 is 0. The van der Waals surface area contributed by atoms with E-state index in [0.717, 1.165) is 59.4 Å². The first-order valence-electron chi connectivity index (χ1n) is 11.9. The number of primary amides is 1. The van der Waals surface area contributed by atoms with Crippen LogP contribution in [0.25, 0.3) is 16.6 Å². The van der Waals surface area contributed by atoms with Crippen LogP contribution in [0.15, 0.2) is 37.1 Å². The number of hydrogen-bond acceptors (Lipinski definition) is 6. The third-order valence-corrected chi connectivity index (χ3v) is 6.99. The summed E-state index contributed by atoms with van der Waals surface area (Å²) in [4.78, 5) is 23.0. The largest absolute Gasteiger partial charge is 0.365 e. The number of nitrogens with one attached hydrogen (secondary N) is 1. The van der Waals surface area contributed by atoms with Crippen molar-refractivity contribution in [3.63, 3.8) is 0 Å². The first-order chi connectivity index (χ1) is 16.8. The van der Waals surface area contributed by atoms with Gasteiger partial charge in [0.25, 0.3) is 5.91 Å². The Kier molecular flexibility index (Phi) is 5.96. The van der Waals surface area contributed by atoms with Gasteiger partial charge < -0.3 is 10.6 Å². The van der Waals surface area contributed by atoms with Crippen molar-refractivity contribution in [1.29, 1.82) is 0 Å². The number of hydrogen-bond donors (Lipinski definition) is 2. The van der Waals surface area contributed by atoms with E-state index in [4.69, 9.17) is 5.73 Å². The van der Waals surface area contributed by atoms with Gasteiger partial charge in [0.15, 0.2) is 0 Å². The smallest absolute Gasteiger partial charge is 0.252 e. The minimum Gasteiger partial charge on any atom is -0.365 e. The third-order valence-electron chi connectivity index (χ3n) is 6.99. The molecule has 1 fully saturated rings. The van der Waals surface area contributed by atoms with E-state index in [1.165, 1.54) is 12.3 Å². The number of amides is 1. The molecule has 0 radical (unpaired) electrons. The standard InChI is InChI=1S/C25H29FN8O/c1-14(2)34(18-6-4-16(5-7-18)25-29-13-30-32-25)23-20(24(27)35)11-31-33-12-17(9-21(23)33)19-10-28-22(26)8-15(19)3/h8-14,16,18H,4-7H2,1-3H3,(H2,27,35)(H,29,30,32). The summed E-state index contributed by atoms with van der Waals surface area (Å²) < 4.78 is 15.4. The van der Waals surface area contributed by atoms with Crippen molar-refractivity contribution in [1.82, 2.24) is 29.8 Å². The van der Waals surface area contributed by atoms with Gasteiger partial charge >= 0.3 is 0 Å². The lowest BCUT2D eigenvalue weighted by Crippen LogP contribution is -2.44. The molecular weight excluding hydrogens is 447 g/mol. The van der Waals surface area contributed by atoms with Crippen molar-refractivity contribution in [2.45, 2.75) is 64.5 Å². The van der Waals surface area contributed by atoms with E-state index in [2.05, 4.69) is 44.0 Å². The van der Waals surface area contributed by atoms with E-state index in [0.29, 0.717) is 11.5 Å². The number of fused-ring (bicyclic) bond motifs is 1. The number of H-pyrrole nitrogens is 1. The molecule has 182 valence electrons. The van der Waals surface area contributed by atoms with Crippen LogP contribution in [0.2, 0.25) is 0 Å². The first-order valence-corrected chi connectivity index (χ1v) is 11.9. The van der Waals surface area contributed by atoms with Gasteiger partial charge in [-0.25, -0.2) is 14.5 Å². The van der Waals surface area contributed by atoms with Crippen molar-refractivity contribution in [2.75, 3.05) is 4.90 Å². The number of pyridine rings is 1. The highest BCUT2D eigenvalue weighted by atomic mass is 19.1. The van der Waals surface area contributed by atoms with Crippen LogP contribution in [0.4, 0.5) is 10.1 Å². The number of aromatic amines is 1. The first kappa shape index (κ1) is 22.9. The SMILES string of the molecule is Cc1cc(F)ncc1-c1cc2c(N(C(C)C)C3CCC(c4ncn[nH]4)CC3)c(C(N)=O)cnn2c1. The normalized spacial score (nSPS) is 18.3. The maximum atomic E-state index is 13.6. The van der Waals surface area contributed by atoms with Crippen molar-refractivity contribution < 1.29 is 9.18 Å². The summed E-state index contributed by atoms with van der Waals surface area (Å²) in [6.45, 7) is 6.10. The molecule has 0 aliphatic heterocycles. The molecule has 0 spiro atoms. The number of rotatable bonds is 6. The van der Waals surface area contributed by atoms with Gasteiger partial charge in [0.05, 0.1) is 23.0 Å². The van der Waals surface area contributed by atoms with E-state index in [-0.39, 0.29) is 12.1 Å². The van der Waals surface area contributed by atoms with Gasteiger partial charge in [0, 0.05) is 41.5 Å². The Morgan fingerprint density at radius 1 is 1.20 bits per heavy atom. The maximum Gasteiger partial charge on any atom is 0.252 e. The van der Waals surface area contributed by atoms with Gasteiger partial charge in [0.2, 0.25) is 5.95 Å². The number of anilines is 1. The molecule has 10 heteroatoms. The maximum absolute atomic E-state index is 13.6. The highest BCUT2D eigenvalue weighted by molar-refractivity contribution is 6.02. The number of nitrogens with zero attached hydrogens (tertiary/aromatic N) is 6. The second-order valence-electron chi connectivity index (χ2n) is 9.53. The van der Waals surface area contributed by atoms with Gasteiger partial charge in [-0.3, -0.25) is 9.89 Å². The molecule has 0 saturated heterocycles. The molecule has 0 unspecified atom stereocenters. The Balaban J connectivity index is 1.57. The topological polar surface area (TPSA) is 118 Å². The zero-order valence-corrected chi connectivity index (χ0v) is 20.1. The van der Waals surface area contributed by atoms with E-state index in [9.17, 15) is 9.18 Å². The van der Waals surface area contributed by atoms with Crippen LogP contribution < -0.4 is 10.6 Å². The molecule has 1 aliphatic carbocycles. The number of halogens is 1. The Labute approximate surface area is 202 Å². The van der Waals surface area contributed by atoms with Crippen LogP contribution in [0.1, 0.15) is 67.2 Å². The lowest BCUT2D eigenvalue weighted by atomic mass is 9.84. The Morgan fingerprint density at radius 2 is 1.97 bits per heavy atom. The highest BCUT2D eigenvalue weighted by Crippen LogP contribution is 2.39. The van der Waals surface area contributed by atoms with E-state index in [1.54, 1.807) is 17.0 Å². The van der Waals surface area contributed by atoms with Crippen molar-refractivity contribution in [3.8, 4) is 11.1 Å². The molecule has 4 aromatic rings. The summed E-state index contributed by atoms with van der Waals surface area (Å²) in [7, 11) is 0. The predicted octanol–water partition coefficient (Wildman–Crippen LogP) is 4.00. The predicted molar refractivity (Wildman–Crippen MR) is 131 cm³/mol. The summed E-state index contributed by atoms with van der Waals surface area (Å²) in [6.07, 6.45) is 10.3. The molecule has 4 aromatic heterocycles.